The molecular formula is C13H18ClNO. The lowest BCUT2D eigenvalue weighted by atomic mass is 10.0. The normalized spacial score (nSPS) is 10.6. The minimum atomic E-state index is -0.0509. The maximum absolute atomic E-state index is 11.6. The minimum Gasteiger partial charge on any atom is -0.312 e. The van der Waals surface area contributed by atoms with Crippen molar-refractivity contribution in [1.82, 2.24) is 0 Å². The zero-order chi connectivity index (χ0) is 12.1. The average Bonchev–Trinajstić information content (AvgIpc) is 2.30. The Kier molecular flexibility index (Phi) is 4.81. The molecule has 16 heavy (non-hydrogen) atoms. The second-order valence-corrected chi connectivity index (χ2v) is 4.29. The summed E-state index contributed by atoms with van der Waals surface area (Å²) in [5.74, 6) is 0.439. The van der Waals surface area contributed by atoms with Gasteiger partial charge in [-0.1, -0.05) is 26.0 Å². The molecule has 0 atom stereocenters. The fourth-order valence-corrected chi connectivity index (χ4v) is 1.77. The van der Waals surface area contributed by atoms with E-state index < -0.39 is 0 Å². The van der Waals surface area contributed by atoms with Gasteiger partial charge in [-0.05, 0) is 30.5 Å². The number of benzene rings is 1. The van der Waals surface area contributed by atoms with Crippen molar-refractivity contribution in [1.29, 1.82) is 0 Å². The highest BCUT2D eigenvalue weighted by atomic mass is 35.5. The van der Waals surface area contributed by atoms with Crippen molar-refractivity contribution in [2.24, 2.45) is 0 Å². The van der Waals surface area contributed by atoms with Crippen LogP contribution in [0, 0.1) is 0 Å². The summed E-state index contributed by atoms with van der Waals surface area (Å²) in [5, 5.41) is 0. The highest BCUT2D eigenvalue weighted by Gasteiger charge is 2.13. The third-order valence-electron chi connectivity index (χ3n) is 2.58. The number of carbonyl (C=O) groups excluding carboxylic acids is 1. The lowest BCUT2D eigenvalue weighted by molar-refractivity contribution is -0.116. The average molecular weight is 240 g/mol. The second kappa shape index (κ2) is 5.90. The van der Waals surface area contributed by atoms with E-state index in [0.717, 1.165) is 5.69 Å². The molecule has 0 bridgehead atoms. The summed E-state index contributed by atoms with van der Waals surface area (Å²) in [6.07, 6.45) is 0. The molecule has 0 unspecified atom stereocenters. The lowest BCUT2D eigenvalue weighted by Crippen LogP contribution is -2.31. The molecule has 1 amide bonds. The Balaban J connectivity index is 3.01. The van der Waals surface area contributed by atoms with Crippen molar-refractivity contribution in [3.8, 4) is 0 Å². The van der Waals surface area contributed by atoms with Crippen LogP contribution >= 0.6 is 11.6 Å². The first-order valence-corrected chi connectivity index (χ1v) is 6.09. The highest BCUT2D eigenvalue weighted by Crippen LogP contribution is 2.21. The van der Waals surface area contributed by atoms with Crippen LogP contribution in [-0.2, 0) is 4.79 Å². The molecule has 88 valence electrons. The van der Waals surface area contributed by atoms with Crippen LogP contribution < -0.4 is 4.90 Å². The van der Waals surface area contributed by atoms with Crippen molar-refractivity contribution in [3.63, 3.8) is 0 Å². The number of alkyl halides is 1. The molecule has 0 radical (unpaired) electrons. The molecule has 1 rings (SSSR count). The van der Waals surface area contributed by atoms with Crippen LogP contribution in [0.15, 0.2) is 24.3 Å². The van der Waals surface area contributed by atoms with Crippen molar-refractivity contribution in [3.05, 3.63) is 29.8 Å². The predicted molar refractivity (Wildman–Crippen MR) is 69.3 cm³/mol. The molecule has 0 aliphatic heterocycles. The third-order valence-corrected chi connectivity index (χ3v) is 2.81. The van der Waals surface area contributed by atoms with E-state index in [1.165, 1.54) is 5.56 Å². The molecule has 0 spiro atoms. The molecule has 0 heterocycles. The van der Waals surface area contributed by atoms with Crippen molar-refractivity contribution < 1.29 is 4.79 Å². The van der Waals surface area contributed by atoms with Gasteiger partial charge in [-0.15, -0.1) is 11.6 Å². The number of anilines is 1. The second-order valence-electron chi connectivity index (χ2n) is 4.02. The molecular weight excluding hydrogens is 222 g/mol. The first-order valence-electron chi connectivity index (χ1n) is 5.56. The SMILES string of the molecule is CCN(C(=O)CCl)c1cccc(C(C)C)c1. The maximum atomic E-state index is 11.6. The van der Waals surface area contributed by atoms with Crippen molar-refractivity contribution in [2.45, 2.75) is 26.7 Å². The van der Waals surface area contributed by atoms with E-state index in [2.05, 4.69) is 26.0 Å². The molecule has 0 fully saturated rings. The molecule has 0 aliphatic carbocycles. The van der Waals surface area contributed by atoms with Gasteiger partial charge in [0.25, 0.3) is 0 Å². The van der Waals surface area contributed by atoms with E-state index in [4.69, 9.17) is 11.6 Å². The van der Waals surface area contributed by atoms with Gasteiger partial charge in [0.1, 0.15) is 5.88 Å². The van der Waals surface area contributed by atoms with Crippen LogP contribution in [0.4, 0.5) is 5.69 Å². The molecule has 1 aromatic carbocycles. The molecule has 3 heteroatoms. The van der Waals surface area contributed by atoms with E-state index in [9.17, 15) is 4.79 Å². The monoisotopic (exact) mass is 239 g/mol. The Bertz CT molecular complexity index is 363. The minimum absolute atomic E-state index is 0.0275. The number of rotatable bonds is 4. The molecule has 0 aromatic heterocycles. The lowest BCUT2D eigenvalue weighted by Gasteiger charge is -2.21. The van der Waals surface area contributed by atoms with Gasteiger partial charge in [-0.3, -0.25) is 4.79 Å². The Labute approximate surface area is 102 Å². The van der Waals surface area contributed by atoms with Crippen molar-refractivity contribution >= 4 is 23.2 Å². The summed E-state index contributed by atoms with van der Waals surface area (Å²) >= 11 is 5.59. The fourth-order valence-electron chi connectivity index (χ4n) is 1.63. The van der Waals surface area contributed by atoms with Crippen molar-refractivity contribution in [2.75, 3.05) is 17.3 Å². The summed E-state index contributed by atoms with van der Waals surface area (Å²) < 4.78 is 0. The number of hydrogen-bond donors (Lipinski definition) is 0. The van der Waals surface area contributed by atoms with E-state index in [-0.39, 0.29) is 11.8 Å². The van der Waals surface area contributed by atoms with Gasteiger partial charge in [-0.25, -0.2) is 0 Å². The smallest absolute Gasteiger partial charge is 0.241 e. The van der Waals surface area contributed by atoms with Crippen LogP contribution in [-0.4, -0.2) is 18.3 Å². The van der Waals surface area contributed by atoms with Crippen LogP contribution in [0.25, 0.3) is 0 Å². The van der Waals surface area contributed by atoms with E-state index in [1.807, 2.05) is 19.1 Å². The number of amides is 1. The zero-order valence-corrected chi connectivity index (χ0v) is 10.8. The molecule has 0 aliphatic rings. The summed E-state index contributed by atoms with van der Waals surface area (Å²) in [4.78, 5) is 13.3. The molecule has 0 N–H and O–H groups in total. The van der Waals surface area contributed by atoms with E-state index in [0.29, 0.717) is 12.5 Å². The van der Waals surface area contributed by atoms with Gasteiger partial charge in [0, 0.05) is 12.2 Å². The molecule has 0 saturated carbocycles. The first-order chi connectivity index (χ1) is 7.60. The Morgan fingerprint density at radius 1 is 1.44 bits per heavy atom. The van der Waals surface area contributed by atoms with Gasteiger partial charge in [0.05, 0.1) is 0 Å². The van der Waals surface area contributed by atoms with Crippen LogP contribution in [0.1, 0.15) is 32.3 Å². The maximum Gasteiger partial charge on any atom is 0.241 e. The number of halogens is 1. The standard InChI is InChI=1S/C13H18ClNO/c1-4-15(13(16)9-14)12-7-5-6-11(8-12)10(2)3/h5-8,10H,4,9H2,1-3H3. The Morgan fingerprint density at radius 2 is 2.12 bits per heavy atom. The fraction of sp³-hybridized carbons (Fsp3) is 0.462. The van der Waals surface area contributed by atoms with E-state index in [1.54, 1.807) is 4.90 Å². The summed E-state index contributed by atoms with van der Waals surface area (Å²) in [6.45, 7) is 6.87. The van der Waals surface area contributed by atoms with Gasteiger partial charge in [0.15, 0.2) is 0 Å². The third kappa shape index (κ3) is 2.99. The largest absolute Gasteiger partial charge is 0.312 e. The van der Waals surface area contributed by atoms with Crippen LogP contribution in [0.5, 0.6) is 0 Å². The Morgan fingerprint density at radius 3 is 2.62 bits per heavy atom. The summed E-state index contributed by atoms with van der Waals surface area (Å²) in [6, 6.07) is 8.06. The molecule has 2 nitrogen and oxygen atoms in total. The van der Waals surface area contributed by atoms with Gasteiger partial charge in [-0.2, -0.15) is 0 Å². The molecule has 1 aromatic rings. The first kappa shape index (κ1) is 13.0. The number of nitrogens with zero attached hydrogens (tertiary/aromatic N) is 1. The van der Waals surface area contributed by atoms with Crippen LogP contribution in [0.2, 0.25) is 0 Å². The summed E-state index contributed by atoms with van der Waals surface area (Å²) in [5.41, 5.74) is 2.16. The number of hydrogen-bond acceptors (Lipinski definition) is 1. The summed E-state index contributed by atoms with van der Waals surface area (Å²) in [7, 11) is 0. The topological polar surface area (TPSA) is 20.3 Å². The quantitative estimate of drug-likeness (QED) is 0.738. The highest BCUT2D eigenvalue weighted by molar-refractivity contribution is 6.29. The van der Waals surface area contributed by atoms with Gasteiger partial charge < -0.3 is 4.90 Å². The van der Waals surface area contributed by atoms with E-state index >= 15 is 0 Å². The van der Waals surface area contributed by atoms with Gasteiger partial charge >= 0.3 is 0 Å². The van der Waals surface area contributed by atoms with Gasteiger partial charge in [0.2, 0.25) is 5.91 Å². The predicted octanol–water partition coefficient (Wildman–Crippen LogP) is 3.40. The van der Waals surface area contributed by atoms with Crippen LogP contribution in [0.3, 0.4) is 0 Å². The molecule has 0 saturated heterocycles. The zero-order valence-electron chi connectivity index (χ0n) is 10.0. The Hall–Kier alpha value is -1.02. The number of carbonyl (C=O) groups is 1.